The van der Waals surface area contributed by atoms with E-state index in [1.165, 1.54) is 6.92 Å². The number of nitrogens with one attached hydrogen (secondary N) is 3. The molecule has 0 radical (unpaired) electrons. The van der Waals surface area contributed by atoms with E-state index in [9.17, 15) is 24.0 Å². The van der Waals surface area contributed by atoms with Gasteiger partial charge in [0.1, 0.15) is 18.6 Å². The van der Waals surface area contributed by atoms with Crippen molar-refractivity contribution in [2.24, 2.45) is 11.5 Å². The van der Waals surface area contributed by atoms with Gasteiger partial charge >= 0.3 is 5.97 Å². The first-order valence-corrected chi connectivity index (χ1v) is 7.46. The minimum atomic E-state index is -1.24. The van der Waals surface area contributed by atoms with Gasteiger partial charge in [0.05, 0.1) is 12.5 Å². The van der Waals surface area contributed by atoms with Gasteiger partial charge in [-0.05, 0) is 6.92 Å². The van der Waals surface area contributed by atoms with Crippen LogP contribution in [0.1, 0.15) is 13.3 Å². The molecule has 24 heavy (non-hydrogen) atoms. The van der Waals surface area contributed by atoms with Crippen molar-refractivity contribution in [3.8, 4) is 0 Å². The van der Waals surface area contributed by atoms with Crippen LogP contribution in [0, 0.1) is 0 Å². The van der Waals surface area contributed by atoms with E-state index in [-0.39, 0.29) is 12.2 Å². The Hall–Kier alpha value is -2.34. The van der Waals surface area contributed by atoms with Crippen LogP contribution in [-0.4, -0.2) is 65.1 Å². The molecule has 0 aliphatic rings. The normalized spacial score (nSPS) is 14.0. The lowest BCUT2D eigenvalue weighted by atomic mass is 10.2. The molecule has 0 bridgehead atoms. The Balaban J connectivity index is 4.55. The molecule has 0 saturated carbocycles. The minimum absolute atomic E-state index is 0.0843. The van der Waals surface area contributed by atoms with Crippen LogP contribution >= 0.6 is 12.6 Å². The predicted octanol–water partition coefficient (Wildman–Crippen LogP) is -3.69. The molecule has 0 aliphatic heterocycles. The van der Waals surface area contributed by atoms with Gasteiger partial charge in [-0.15, -0.1) is 0 Å². The Kier molecular flexibility index (Phi) is 9.42. The Labute approximate surface area is 143 Å². The van der Waals surface area contributed by atoms with Crippen LogP contribution in [0.15, 0.2) is 0 Å². The highest BCUT2D eigenvalue weighted by atomic mass is 32.1. The predicted molar refractivity (Wildman–Crippen MR) is 85.8 cm³/mol. The number of primary amides is 1. The Morgan fingerprint density at radius 2 is 1.67 bits per heavy atom. The second-order valence-electron chi connectivity index (χ2n) is 4.86. The lowest BCUT2D eigenvalue weighted by Gasteiger charge is -2.20. The molecular weight excluding hydrogens is 342 g/mol. The molecule has 0 aromatic heterocycles. The number of hydrogen-bond donors (Lipinski definition) is 7. The zero-order valence-electron chi connectivity index (χ0n) is 12.9. The average molecular weight is 363 g/mol. The summed E-state index contributed by atoms with van der Waals surface area (Å²) < 4.78 is 0. The topological polar surface area (TPSA) is 194 Å². The van der Waals surface area contributed by atoms with Gasteiger partial charge < -0.3 is 32.5 Å². The number of carboxylic acids is 1. The molecule has 0 aromatic rings. The number of carbonyl (C=O) groups is 5. The van der Waals surface area contributed by atoms with Crippen molar-refractivity contribution < 1.29 is 29.1 Å². The average Bonchev–Trinajstić information content (AvgIpc) is 2.48. The number of amides is 4. The van der Waals surface area contributed by atoms with Gasteiger partial charge in [-0.3, -0.25) is 24.0 Å². The van der Waals surface area contributed by atoms with Crippen molar-refractivity contribution in [1.82, 2.24) is 16.0 Å². The zero-order chi connectivity index (χ0) is 18.9. The second kappa shape index (κ2) is 10.4. The Morgan fingerprint density at radius 3 is 2.12 bits per heavy atom. The van der Waals surface area contributed by atoms with Crippen molar-refractivity contribution in [2.75, 3.05) is 12.3 Å². The van der Waals surface area contributed by atoms with Crippen LogP contribution in [0.25, 0.3) is 0 Å². The van der Waals surface area contributed by atoms with E-state index < -0.39 is 54.3 Å². The van der Waals surface area contributed by atoms with Crippen molar-refractivity contribution in [2.45, 2.75) is 31.5 Å². The first kappa shape index (κ1) is 21.7. The number of aliphatic carboxylic acids is 1. The first-order valence-electron chi connectivity index (χ1n) is 6.83. The summed E-state index contributed by atoms with van der Waals surface area (Å²) in [4.78, 5) is 56.4. The van der Waals surface area contributed by atoms with Gasteiger partial charge in [-0.1, -0.05) is 0 Å². The SMILES string of the molecule is CC(NC(=O)C(N)CC(N)=O)C(=O)NC(CS)C(=O)NCC(=O)O. The monoisotopic (exact) mass is 363 g/mol. The molecule has 0 rings (SSSR count). The molecule has 3 atom stereocenters. The van der Waals surface area contributed by atoms with Gasteiger partial charge in [0.15, 0.2) is 0 Å². The lowest BCUT2D eigenvalue weighted by Crippen LogP contribution is -2.55. The summed E-state index contributed by atoms with van der Waals surface area (Å²) in [6.07, 6.45) is -0.378. The summed E-state index contributed by atoms with van der Waals surface area (Å²) in [7, 11) is 0. The molecule has 0 fully saturated rings. The van der Waals surface area contributed by atoms with Crippen LogP contribution < -0.4 is 27.4 Å². The fourth-order valence-electron chi connectivity index (χ4n) is 1.47. The smallest absolute Gasteiger partial charge is 0.322 e. The van der Waals surface area contributed by atoms with E-state index in [0.717, 1.165) is 0 Å². The van der Waals surface area contributed by atoms with E-state index >= 15 is 0 Å². The van der Waals surface area contributed by atoms with E-state index in [1.54, 1.807) is 0 Å². The highest BCUT2D eigenvalue weighted by molar-refractivity contribution is 7.80. The summed E-state index contributed by atoms with van der Waals surface area (Å²) in [6, 6.07) is -3.33. The summed E-state index contributed by atoms with van der Waals surface area (Å²) in [6.45, 7) is 0.738. The molecule has 0 saturated heterocycles. The van der Waals surface area contributed by atoms with Crippen molar-refractivity contribution in [3.63, 3.8) is 0 Å². The van der Waals surface area contributed by atoms with Gasteiger partial charge in [-0.2, -0.15) is 12.6 Å². The van der Waals surface area contributed by atoms with Gasteiger partial charge in [0.2, 0.25) is 23.6 Å². The summed E-state index contributed by atoms with van der Waals surface area (Å²) in [5, 5.41) is 15.2. The van der Waals surface area contributed by atoms with Crippen LogP contribution in [-0.2, 0) is 24.0 Å². The third-order valence-corrected chi connectivity index (χ3v) is 3.10. The first-order chi connectivity index (χ1) is 11.1. The van der Waals surface area contributed by atoms with Crippen molar-refractivity contribution in [1.29, 1.82) is 0 Å². The molecule has 3 unspecified atom stereocenters. The highest BCUT2D eigenvalue weighted by Crippen LogP contribution is 1.94. The Morgan fingerprint density at radius 1 is 1.08 bits per heavy atom. The molecular formula is C12H21N5O6S. The van der Waals surface area contributed by atoms with Crippen LogP contribution in [0.2, 0.25) is 0 Å². The van der Waals surface area contributed by atoms with Crippen molar-refractivity contribution in [3.05, 3.63) is 0 Å². The number of hydrogen-bond acceptors (Lipinski definition) is 7. The van der Waals surface area contributed by atoms with Gasteiger partial charge in [0, 0.05) is 5.75 Å². The molecule has 11 nitrogen and oxygen atoms in total. The number of carboxylic acid groups (broad SMARTS) is 1. The number of rotatable bonds is 10. The highest BCUT2D eigenvalue weighted by Gasteiger charge is 2.25. The fourth-order valence-corrected chi connectivity index (χ4v) is 1.73. The minimum Gasteiger partial charge on any atom is -0.480 e. The maximum absolute atomic E-state index is 11.9. The van der Waals surface area contributed by atoms with Crippen LogP contribution in [0.5, 0.6) is 0 Å². The molecule has 0 aromatic carbocycles. The second-order valence-corrected chi connectivity index (χ2v) is 5.23. The molecule has 0 heterocycles. The molecule has 136 valence electrons. The Bertz CT molecular complexity index is 514. The quantitative estimate of drug-likeness (QED) is 0.194. The fraction of sp³-hybridized carbons (Fsp3) is 0.583. The summed E-state index contributed by atoms with van der Waals surface area (Å²) >= 11 is 3.90. The molecule has 12 heteroatoms. The summed E-state index contributed by atoms with van der Waals surface area (Å²) in [5.74, 6) is -4.28. The maximum atomic E-state index is 11.9. The number of carbonyl (C=O) groups excluding carboxylic acids is 4. The van der Waals surface area contributed by atoms with E-state index in [0.29, 0.717) is 0 Å². The number of thiol groups is 1. The molecule has 8 N–H and O–H groups in total. The number of nitrogens with two attached hydrogens (primary N) is 2. The van der Waals surface area contributed by atoms with E-state index in [4.69, 9.17) is 16.6 Å². The van der Waals surface area contributed by atoms with Crippen LogP contribution in [0.4, 0.5) is 0 Å². The largest absolute Gasteiger partial charge is 0.480 e. The van der Waals surface area contributed by atoms with Gasteiger partial charge in [0.25, 0.3) is 0 Å². The van der Waals surface area contributed by atoms with E-state index in [2.05, 4.69) is 28.6 Å². The maximum Gasteiger partial charge on any atom is 0.322 e. The standard InChI is InChI=1S/C12H21N5O6S/c1-5(16-11(22)6(13)2-8(14)18)10(21)17-7(4-24)12(23)15-3-9(19)20/h5-7,24H,2-4,13H2,1H3,(H2,14,18)(H,15,23)(H,16,22)(H,17,21)(H,19,20). The third-order valence-electron chi connectivity index (χ3n) is 2.74. The van der Waals surface area contributed by atoms with E-state index in [1.807, 2.05) is 0 Å². The summed E-state index contributed by atoms with van der Waals surface area (Å²) in [5.41, 5.74) is 10.3. The van der Waals surface area contributed by atoms with Crippen molar-refractivity contribution >= 4 is 42.2 Å². The molecule has 4 amide bonds. The molecule has 0 aliphatic carbocycles. The van der Waals surface area contributed by atoms with Crippen LogP contribution in [0.3, 0.4) is 0 Å². The lowest BCUT2D eigenvalue weighted by molar-refractivity contribution is -0.138. The molecule has 0 spiro atoms. The third kappa shape index (κ3) is 8.33. The zero-order valence-corrected chi connectivity index (χ0v) is 13.8. The van der Waals surface area contributed by atoms with Gasteiger partial charge in [-0.25, -0.2) is 0 Å².